The van der Waals surface area contributed by atoms with Crippen LogP contribution in [0.15, 0.2) is 24.3 Å². The maximum Gasteiger partial charge on any atom is 0.358 e. The summed E-state index contributed by atoms with van der Waals surface area (Å²) >= 11 is 0. The van der Waals surface area contributed by atoms with Crippen molar-refractivity contribution in [3.63, 3.8) is 0 Å². The molecule has 0 amide bonds. The van der Waals surface area contributed by atoms with E-state index < -0.39 is 11.6 Å². The second-order valence-electron chi connectivity index (χ2n) is 5.03. The van der Waals surface area contributed by atoms with Gasteiger partial charge in [0.1, 0.15) is 0 Å². The number of carboxylic acid groups (broad SMARTS) is 1. The molecule has 6 nitrogen and oxygen atoms in total. The molecule has 0 bridgehead atoms. The fourth-order valence-electron chi connectivity index (χ4n) is 2.14. The van der Waals surface area contributed by atoms with Crippen LogP contribution in [-0.2, 0) is 0 Å². The summed E-state index contributed by atoms with van der Waals surface area (Å²) in [4.78, 5) is 11.3. The number of anilines is 1. The fourth-order valence-corrected chi connectivity index (χ4v) is 2.14. The monoisotopic (exact) mass is 289 g/mol. The molecule has 2 rings (SSSR count). The van der Waals surface area contributed by atoms with Crippen LogP contribution in [0.5, 0.6) is 0 Å². The van der Waals surface area contributed by atoms with Crippen molar-refractivity contribution in [1.82, 2.24) is 10.2 Å². The van der Waals surface area contributed by atoms with Gasteiger partial charge in [0.05, 0.1) is 16.8 Å². The number of aliphatic hydroxyl groups is 1. The van der Waals surface area contributed by atoms with Crippen LogP contribution >= 0.6 is 0 Å². The van der Waals surface area contributed by atoms with Crippen molar-refractivity contribution in [3.05, 3.63) is 30.0 Å². The zero-order valence-corrected chi connectivity index (χ0v) is 12.1. The summed E-state index contributed by atoms with van der Waals surface area (Å²) in [6.45, 7) is 4.05. The molecular formula is C15H19N3O3. The Labute approximate surface area is 122 Å². The van der Waals surface area contributed by atoms with E-state index in [-0.39, 0.29) is 12.2 Å². The summed E-state index contributed by atoms with van der Waals surface area (Å²) in [5.41, 5.74) is -0.00150. The molecule has 0 atom stereocenters. The Kier molecular flexibility index (Phi) is 4.37. The molecule has 0 fully saturated rings. The zero-order chi connectivity index (χ0) is 15.5. The molecule has 1 heterocycles. The first-order chi connectivity index (χ1) is 10.0. The molecule has 1 aromatic heterocycles. The summed E-state index contributed by atoms with van der Waals surface area (Å²) in [6, 6.07) is 7.18. The van der Waals surface area contributed by atoms with E-state index in [0.29, 0.717) is 29.4 Å². The van der Waals surface area contributed by atoms with E-state index in [4.69, 9.17) is 0 Å². The molecular weight excluding hydrogens is 270 g/mol. The van der Waals surface area contributed by atoms with E-state index in [0.717, 1.165) is 0 Å². The number of carboxylic acids is 1. The van der Waals surface area contributed by atoms with Crippen molar-refractivity contribution < 1.29 is 15.0 Å². The van der Waals surface area contributed by atoms with Gasteiger partial charge in [-0.2, -0.15) is 0 Å². The molecule has 0 radical (unpaired) electrons. The Morgan fingerprint density at radius 2 is 1.90 bits per heavy atom. The first-order valence-corrected chi connectivity index (χ1v) is 6.95. The minimum absolute atomic E-state index is 0.136. The summed E-state index contributed by atoms with van der Waals surface area (Å²) in [5, 5.41) is 31.0. The van der Waals surface area contributed by atoms with Gasteiger partial charge in [0.25, 0.3) is 0 Å². The summed E-state index contributed by atoms with van der Waals surface area (Å²) in [7, 11) is 0. The molecule has 21 heavy (non-hydrogen) atoms. The van der Waals surface area contributed by atoms with Crippen molar-refractivity contribution in [2.45, 2.75) is 32.3 Å². The van der Waals surface area contributed by atoms with Gasteiger partial charge in [-0.15, -0.1) is 10.2 Å². The Bertz CT molecular complexity index is 654. The van der Waals surface area contributed by atoms with Crippen molar-refractivity contribution in [1.29, 1.82) is 0 Å². The molecule has 0 spiro atoms. The maximum absolute atomic E-state index is 11.3. The molecule has 6 heteroatoms. The van der Waals surface area contributed by atoms with Crippen LogP contribution in [0.25, 0.3) is 10.9 Å². The SMILES string of the molecule is CCC(O)(CC)CNc1c(C(=O)O)nnc2ccccc12. The highest BCUT2D eigenvalue weighted by Gasteiger charge is 2.24. The normalized spacial score (nSPS) is 11.6. The second-order valence-corrected chi connectivity index (χ2v) is 5.03. The van der Waals surface area contributed by atoms with Crippen molar-refractivity contribution in [3.8, 4) is 0 Å². The minimum Gasteiger partial charge on any atom is -0.476 e. The number of benzene rings is 1. The molecule has 2 aromatic rings. The van der Waals surface area contributed by atoms with Gasteiger partial charge in [-0.25, -0.2) is 4.79 Å². The highest BCUT2D eigenvalue weighted by molar-refractivity contribution is 6.02. The van der Waals surface area contributed by atoms with E-state index in [1.807, 2.05) is 26.0 Å². The second kappa shape index (κ2) is 6.05. The van der Waals surface area contributed by atoms with Crippen molar-refractivity contribution in [2.75, 3.05) is 11.9 Å². The number of hydrogen-bond acceptors (Lipinski definition) is 5. The molecule has 0 saturated carbocycles. The van der Waals surface area contributed by atoms with Crippen LogP contribution in [0.1, 0.15) is 37.2 Å². The predicted molar refractivity (Wildman–Crippen MR) is 80.5 cm³/mol. The molecule has 1 aromatic carbocycles. The molecule has 0 saturated heterocycles. The smallest absolute Gasteiger partial charge is 0.358 e. The summed E-state index contributed by atoms with van der Waals surface area (Å²) < 4.78 is 0. The molecule has 3 N–H and O–H groups in total. The zero-order valence-electron chi connectivity index (χ0n) is 12.1. The molecule has 0 unspecified atom stereocenters. The molecule has 112 valence electrons. The predicted octanol–water partition coefficient (Wildman–Crippen LogP) is 2.29. The number of rotatable bonds is 6. The summed E-state index contributed by atoms with van der Waals surface area (Å²) in [6.07, 6.45) is 1.16. The molecule has 0 aliphatic carbocycles. The van der Waals surface area contributed by atoms with Crippen LogP contribution in [-0.4, -0.2) is 38.5 Å². The number of carbonyl (C=O) groups is 1. The third-order valence-corrected chi connectivity index (χ3v) is 3.78. The van der Waals surface area contributed by atoms with Crippen LogP contribution in [0.3, 0.4) is 0 Å². The van der Waals surface area contributed by atoms with Gasteiger partial charge in [-0.3, -0.25) is 0 Å². The average molecular weight is 289 g/mol. The lowest BCUT2D eigenvalue weighted by atomic mass is 9.97. The Morgan fingerprint density at radius 3 is 2.52 bits per heavy atom. The van der Waals surface area contributed by atoms with E-state index in [9.17, 15) is 15.0 Å². The van der Waals surface area contributed by atoms with Gasteiger partial charge in [0.2, 0.25) is 0 Å². The minimum atomic E-state index is -1.15. The van der Waals surface area contributed by atoms with Gasteiger partial charge < -0.3 is 15.5 Å². The fraction of sp³-hybridized carbons (Fsp3) is 0.400. The number of nitrogens with one attached hydrogen (secondary N) is 1. The third kappa shape index (κ3) is 3.11. The van der Waals surface area contributed by atoms with Crippen LogP contribution in [0.2, 0.25) is 0 Å². The van der Waals surface area contributed by atoms with Gasteiger partial charge >= 0.3 is 5.97 Å². The lowest BCUT2D eigenvalue weighted by molar-refractivity contribution is 0.0456. The standard InChI is InChI=1S/C15H19N3O3/c1-3-15(21,4-2)9-16-12-10-7-5-6-8-11(10)17-18-13(12)14(19)20/h5-8,21H,3-4,9H2,1-2H3,(H,16,17)(H,19,20). The van der Waals surface area contributed by atoms with E-state index in [2.05, 4.69) is 15.5 Å². The third-order valence-electron chi connectivity index (χ3n) is 3.78. The van der Waals surface area contributed by atoms with Gasteiger partial charge in [-0.05, 0) is 18.9 Å². The molecule has 0 aliphatic rings. The van der Waals surface area contributed by atoms with Gasteiger partial charge in [0.15, 0.2) is 5.69 Å². The lowest BCUT2D eigenvalue weighted by Gasteiger charge is -2.26. The number of nitrogens with zero attached hydrogens (tertiary/aromatic N) is 2. The number of aromatic nitrogens is 2. The lowest BCUT2D eigenvalue weighted by Crippen LogP contribution is -2.35. The van der Waals surface area contributed by atoms with Crippen molar-refractivity contribution in [2.24, 2.45) is 0 Å². The van der Waals surface area contributed by atoms with E-state index >= 15 is 0 Å². The van der Waals surface area contributed by atoms with Gasteiger partial charge in [0, 0.05) is 11.9 Å². The highest BCUT2D eigenvalue weighted by atomic mass is 16.4. The van der Waals surface area contributed by atoms with E-state index in [1.54, 1.807) is 12.1 Å². The summed E-state index contributed by atoms with van der Waals surface area (Å²) in [5.74, 6) is -1.15. The number of aromatic carboxylic acids is 1. The largest absolute Gasteiger partial charge is 0.476 e. The average Bonchev–Trinajstić information content (AvgIpc) is 2.51. The topological polar surface area (TPSA) is 95.3 Å². The number of fused-ring (bicyclic) bond motifs is 1. The molecule has 0 aliphatic heterocycles. The first kappa shape index (κ1) is 15.2. The van der Waals surface area contributed by atoms with Gasteiger partial charge in [-0.1, -0.05) is 32.0 Å². The van der Waals surface area contributed by atoms with Crippen LogP contribution in [0.4, 0.5) is 5.69 Å². The van der Waals surface area contributed by atoms with E-state index in [1.165, 1.54) is 0 Å². The number of hydrogen-bond donors (Lipinski definition) is 3. The van der Waals surface area contributed by atoms with Crippen LogP contribution < -0.4 is 5.32 Å². The Balaban J connectivity index is 2.45. The maximum atomic E-state index is 11.3. The Hall–Kier alpha value is -2.21. The van der Waals surface area contributed by atoms with Crippen molar-refractivity contribution >= 4 is 22.6 Å². The van der Waals surface area contributed by atoms with Crippen LogP contribution in [0, 0.1) is 0 Å². The Morgan fingerprint density at radius 1 is 1.24 bits per heavy atom. The quantitative estimate of drug-likeness (QED) is 0.755. The first-order valence-electron chi connectivity index (χ1n) is 6.95. The highest BCUT2D eigenvalue weighted by Crippen LogP contribution is 2.26.